The van der Waals surface area contributed by atoms with Gasteiger partial charge in [-0.3, -0.25) is 14.4 Å². The standard InChI is InChI=1S/C20H21ClFN3O3/c1-11(2)17(13-6-4-5-7-15(13)21)25-20(28)19(27)24-12-8-9-16(22)14(10-12)18(26)23-3/h4-11,17H,1-3H3,(H,23,26)(H,24,27)(H,25,28). The van der Waals surface area contributed by atoms with E-state index in [1.165, 1.54) is 13.1 Å². The van der Waals surface area contributed by atoms with Crippen molar-refractivity contribution in [2.75, 3.05) is 12.4 Å². The lowest BCUT2D eigenvalue weighted by atomic mass is 9.96. The number of rotatable bonds is 5. The highest BCUT2D eigenvalue weighted by atomic mass is 35.5. The molecule has 0 aliphatic heterocycles. The number of amides is 3. The number of benzene rings is 2. The third-order valence-corrected chi connectivity index (χ3v) is 4.44. The van der Waals surface area contributed by atoms with Crippen molar-refractivity contribution in [1.82, 2.24) is 10.6 Å². The van der Waals surface area contributed by atoms with E-state index in [2.05, 4.69) is 16.0 Å². The molecule has 0 spiro atoms. The van der Waals surface area contributed by atoms with Crippen LogP contribution in [0.4, 0.5) is 10.1 Å². The Labute approximate surface area is 167 Å². The van der Waals surface area contributed by atoms with Gasteiger partial charge in [0.15, 0.2) is 0 Å². The monoisotopic (exact) mass is 405 g/mol. The van der Waals surface area contributed by atoms with E-state index >= 15 is 0 Å². The molecule has 28 heavy (non-hydrogen) atoms. The minimum atomic E-state index is -0.938. The summed E-state index contributed by atoms with van der Waals surface area (Å²) in [6.45, 7) is 3.78. The van der Waals surface area contributed by atoms with E-state index in [0.717, 1.165) is 12.1 Å². The molecule has 0 saturated heterocycles. The zero-order valence-corrected chi connectivity index (χ0v) is 16.4. The molecule has 0 radical (unpaired) electrons. The molecule has 2 aromatic carbocycles. The first-order valence-corrected chi connectivity index (χ1v) is 9.00. The van der Waals surface area contributed by atoms with E-state index in [0.29, 0.717) is 10.6 Å². The van der Waals surface area contributed by atoms with Crippen LogP contribution in [0, 0.1) is 11.7 Å². The number of hydrogen-bond acceptors (Lipinski definition) is 3. The molecule has 6 nitrogen and oxygen atoms in total. The van der Waals surface area contributed by atoms with Crippen LogP contribution in [0.3, 0.4) is 0 Å². The molecular weight excluding hydrogens is 385 g/mol. The summed E-state index contributed by atoms with van der Waals surface area (Å²) >= 11 is 6.21. The molecule has 2 rings (SSSR count). The molecule has 3 amide bonds. The number of hydrogen-bond donors (Lipinski definition) is 3. The molecule has 3 N–H and O–H groups in total. The van der Waals surface area contributed by atoms with Crippen molar-refractivity contribution in [3.05, 3.63) is 64.4 Å². The summed E-state index contributed by atoms with van der Waals surface area (Å²) in [5.74, 6) is -3.21. The molecule has 2 aromatic rings. The van der Waals surface area contributed by atoms with E-state index < -0.39 is 29.6 Å². The number of halogens is 2. The number of carbonyl (C=O) groups is 3. The van der Waals surface area contributed by atoms with Crippen LogP contribution < -0.4 is 16.0 Å². The van der Waals surface area contributed by atoms with Gasteiger partial charge < -0.3 is 16.0 Å². The summed E-state index contributed by atoms with van der Waals surface area (Å²) in [7, 11) is 1.36. The second-order valence-corrected chi connectivity index (χ2v) is 6.85. The van der Waals surface area contributed by atoms with Crippen molar-refractivity contribution in [1.29, 1.82) is 0 Å². The lowest BCUT2D eigenvalue weighted by Crippen LogP contribution is -2.39. The van der Waals surface area contributed by atoms with E-state index in [-0.39, 0.29) is 17.2 Å². The Morgan fingerprint density at radius 1 is 1.04 bits per heavy atom. The Morgan fingerprint density at radius 2 is 1.71 bits per heavy atom. The topological polar surface area (TPSA) is 87.3 Å². The Balaban J connectivity index is 2.15. The van der Waals surface area contributed by atoms with Gasteiger partial charge in [0.2, 0.25) is 0 Å². The van der Waals surface area contributed by atoms with Gasteiger partial charge in [-0.2, -0.15) is 0 Å². The number of nitrogens with one attached hydrogen (secondary N) is 3. The van der Waals surface area contributed by atoms with Gasteiger partial charge in [-0.25, -0.2) is 4.39 Å². The van der Waals surface area contributed by atoms with Gasteiger partial charge in [0, 0.05) is 17.8 Å². The number of carbonyl (C=O) groups excluding carboxylic acids is 3. The van der Waals surface area contributed by atoms with E-state index in [1.54, 1.807) is 24.3 Å². The van der Waals surface area contributed by atoms with Crippen LogP contribution in [-0.4, -0.2) is 24.8 Å². The highest BCUT2D eigenvalue weighted by Crippen LogP contribution is 2.28. The van der Waals surface area contributed by atoms with Gasteiger partial charge in [-0.15, -0.1) is 0 Å². The van der Waals surface area contributed by atoms with E-state index in [1.807, 2.05) is 13.8 Å². The van der Waals surface area contributed by atoms with Crippen LogP contribution in [-0.2, 0) is 9.59 Å². The molecule has 1 atom stereocenters. The molecule has 0 aliphatic rings. The Morgan fingerprint density at radius 3 is 2.32 bits per heavy atom. The maximum atomic E-state index is 13.7. The summed E-state index contributed by atoms with van der Waals surface area (Å²) in [6, 6.07) is 10.0. The Hall–Kier alpha value is -2.93. The summed E-state index contributed by atoms with van der Waals surface area (Å²) < 4.78 is 13.7. The molecule has 0 aromatic heterocycles. The van der Waals surface area contributed by atoms with Gasteiger partial charge in [-0.05, 0) is 35.7 Å². The van der Waals surface area contributed by atoms with Crippen LogP contribution in [0.1, 0.15) is 35.8 Å². The fraction of sp³-hybridized carbons (Fsp3) is 0.250. The lowest BCUT2D eigenvalue weighted by Gasteiger charge is -2.23. The summed E-state index contributed by atoms with van der Waals surface area (Å²) in [6.07, 6.45) is 0. The molecule has 148 valence electrons. The highest BCUT2D eigenvalue weighted by molar-refractivity contribution is 6.39. The SMILES string of the molecule is CNC(=O)c1cc(NC(=O)C(=O)NC(c2ccccc2Cl)C(C)C)ccc1F. The normalized spacial score (nSPS) is 11.6. The average molecular weight is 406 g/mol. The molecule has 8 heteroatoms. The van der Waals surface area contributed by atoms with Crippen LogP contribution in [0.2, 0.25) is 5.02 Å². The van der Waals surface area contributed by atoms with Crippen LogP contribution >= 0.6 is 11.6 Å². The van der Waals surface area contributed by atoms with Gasteiger partial charge in [0.1, 0.15) is 5.82 Å². The fourth-order valence-corrected chi connectivity index (χ4v) is 2.89. The maximum absolute atomic E-state index is 13.7. The second kappa shape index (κ2) is 9.32. The van der Waals surface area contributed by atoms with Gasteiger partial charge >= 0.3 is 11.8 Å². The molecule has 0 heterocycles. The van der Waals surface area contributed by atoms with Gasteiger partial charge in [0.25, 0.3) is 5.91 Å². The lowest BCUT2D eigenvalue weighted by molar-refractivity contribution is -0.136. The third-order valence-electron chi connectivity index (χ3n) is 4.10. The summed E-state index contributed by atoms with van der Waals surface area (Å²) in [5, 5.41) is 7.82. The third kappa shape index (κ3) is 5.07. The minimum absolute atomic E-state index is 0.0256. The highest BCUT2D eigenvalue weighted by Gasteiger charge is 2.24. The van der Waals surface area contributed by atoms with Crippen LogP contribution in [0.5, 0.6) is 0 Å². The van der Waals surface area contributed by atoms with Crippen molar-refractivity contribution in [3.8, 4) is 0 Å². The first kappa shape index (κ1) is 21.4. The molecule has 0 fully saturated rings. The molecule has 0 aliphatic carbocycles. The van der Waals surface area contributed by atoms with E-state index in [4.69, 9.17) is 11.6 Å². The molecule has 0 bridgehead atoms. The second-order valence-electron chi connectivity index (χ2n) is 6.44. The van der Waals surface area contributed by atoms with E-state index in [9.17, 15) is 18.8 Å². The first-order chi connectivity index (χ1) is 13.2. The van der Waals surface area contributed by atoms with Crippen molar-refractivity contribution >= 4 is 35.0 Å². The smallest absolute Gasteiger partial charge is 0.313 e. The van der Waals surface area contributed by atoms with Crippen molar-refractivity contribution < 1.29 is 18.8 Å². The zero-order valence-electron chi connectivity index (χ0n) is 15.7. The first-order valence-electron chi connectivity index (χ1n) is 8.62. The quantitative estimate of drug-likeness (QED) is 0.667. The van der Waals surface area contributed by atoms with Crippen molar-refractivity contribution in [2.45, 2.75) is 19.9 Å². The maximum Gasteiger partial charge on any atom is 0.313 e. The van der Waals surface area contributed by atoms with Crippen LogP contribution in [0.25, 0.3) is 0 Å². The zero-order chi connectivity index (χ0) is 20.8. The fourth-order valence-electron chi connectivity index (χ4n) is 2.64. The summed E-state index contributed by atoms with van der Waals surface area (Å²) in [5.41, 5.74) is 0.583. The van der Waals surface area contributed by atoms with Crippen molar-refractivity contribution in [3.63, 3.8) is 0 Å². The van der Waals surface area contributed by atoms with Crippen LogP contribution in [0.15, 0.2) is 42.5 Å². The largest absolute Gasteiger partial charge is 0.355 e. The number of anilines is 1. The minimum Gasteiger partial charge on any atom is -0.355 e. The van der Waals surface area contributed by atoms with Gasteiger partial charge in [-0.1, -0.05) is 43.6 Å². The molecular formula is C20H21ClFN3O3. The predicted molar refractivity (Wildman–Crippen MR) is 106 cm³/mol. The predicted octanol–water partition coefficient (Wildman–Crippen LogP) is 3.29. The van der Waals surface area contributed by atoms with Crippen molar-refractivity contribution in [2.24, 2.45) is 5.92 Å². The average Bonchev–Trinajstić information content (AvgIpc) is 2.67. The summed E-state index contributed by atoms with van der Waals surface area (Å²) in [4.78, 5) is 36.3. The molecule has 1 unspecified atom stereocenters. The Bertz CT molecular complexity index is 902. The Kier molecular flexibility index (Phi) is 7.12. The molecule has 0 saturated carbocycles. The van der Waals surface area contributed by atoms with Gasteiger partial charge in [0.05, 0.1) is 11.6 Å².